The zero-order chi connectivity index (χ0) is 16.8. The molecule has 2 saturated heterocycles. The number of imide groups is 1. The summed E-state index contributed by atoms with van der Waals surface area (Å²) in [6.07, 6.45) is 2.72. The van der Waals surface area contributed by atoms with E-state index in [2.05, 4.69) is 31.0 Å². The molecule has 6 nitrogen and oxygen atoms in total. The number of rotatable bonds is 2. The molecule has 130 valence electrons. The second-order valence-corrected chi connectivity index (χ2v) is 8.50. The fourth-order valence-electron chi connectivity index (χ4n) is 4.85. The lowest BCUT2D eigenvalue weighted by Gasteiger charge is -2.44. The van der Waals surface area contributed by atoms with Crippen LogP contribution in [0, 0.1) is 11.3 Å². The summed E-state index contributed by atoms with van der Waals surface area (Å²) in [5, 5.41) is 3.04. The molecule has 1 spiro atoms. The minimum Gasteiger partial charge on any atom is -0.376 e. The van der Waals surface area contributed by atoms with E-state index in [9.17, 15) is 9.59 Å². The number of urea groups is 1. The Bertz CT molecular complexity index is 507. The van der Waals surface area contributed by atoms with Gasteiger partial charge in [-0.3, -0.25) is 9.69 Å². The van der Waals surface area contributed by atoms with Crippen molar-refractivity contribution in [1.29, 1.82) is 0 Å². The maximum absolute atomic E-state index is 13.1. The molecule has 0 aromatic heterocycles. The third kappa shape index (κ3) is 3.24. The van der Waals surface area contributed by atoms with Crippen molar-refractivity contribution in [3.8, 4) is 0 Å². The Labute approximate surface area is 138 Å². The van der Waals surface area contributed by atoms with Gasteiger partial charge in [0, 0.05) is 13.1 Å². The monoisotopic (exact) mass is 323 g/mol. The average molecular weight is 323 g/mol. The number of morpholine rings is 1. The summed E-state index contributed by atoms with van der Waals surface area (Å²) in [7, 11) is 0. The van der Waals surface area contributed by atoms with Crippen molar-refractivity contribution in [1.82, 2.24) is 15.1 Å². The molecule has 1 N–H and O–H groups in total. The molecule has 3 fully saturated rings. The molecule has 3 rings (SSSR count). The lowest BCUT2D eigenvalue weighted by atomic mass is 9.64. The van der Waals surface area contributed by atoms with Gasteiger partial charge in [-0.2, -0.15) is 0 Å². The minimum atomic E-state index is -0.698. The second kappa shape index (κ2) is 5.74. The molecule has 1 saturated carbocycles. The summed E-state index contributed by atoms with van der Waals surface area (Å²) in [4.78, 5) is 29.1. The van der Waals surface area contributed by atoms with E-state index >= 15 is 0 Å². The third-order valence-corrected chi connectivity index (χ3v) is 5.29. The molecule has 6 heteroatoms. The predicted octanol–water partition coefficient (Wildman–Crippen LogP) is 1.80. The summed E-state index contributed by atoms with van der Waals surface area (Å²) in [6, 6.07) is -0.237. The number of nitrogens with zero attached hydrogens (tertiary/aromatic N) is 2. The molecule has 1 aliphatic carbocycles. The molecule has 2 heterocycles. The molecule has 3 amide bonds. The zero-order valence-corrected chi connectivity index (χ0v) is 14.7. The van der Waals surface area contributed by atoms with E-state index in [1.165, 1.54) is 4.90 Å². The van der Waals surface area contributed by atoms with E-state index in [0.29, 0.717) is 19.2 Å². The number of carbonyl (C=O) groups is 2. The van der Waals surface area contributed by atoms with Crippen molar-refractivity contribution in [3.63, 3.8) is 0 Å². The molecule has 2 aliphatic heterocycles. The molecule has 0 aromatic rings. The normalized spacial score (nSPS) is 38.2. The van der Waals surface area contributed by atoms with E-state index in [1.807, 2.05) is 6.92 Å². The average Bonchev–Trinajstić information content (AvgIpc) is 2.60. The second-order valence-electron chi connectivity index (χ2n) is 8.50. The van der Waals surface area contributed by atoms with Gasteiger partial charge in [0.25, 0.3) is 5.91 Å². The number of nitrogens with one attached hydrogen (secondary N) is 1. The van der Waals surface area contributed by atoms with Crippen molar-refractivity contribution in [2.24, 2.45) is 11.3 Å². The van der Waals surface area contributed by atoms with Crippen LogP contribution < -0.4 is 5.32 Å². The first-order valence-corrected chi connectivity index (χ1v) is 8.69. The van der Waals surface area contributed by atoms with Crippen LogP contribution in [0.3, 0.4) is 0 Å². The van der Waals surface area contributed by atoms with Crippen molar-refractivity contribution in [2.45, 2.75) is 58.6 Å². The SMILES string of the molecule is CC1CC(C)(C)CC2(C1)NC(=O)N(CN1CCOC(C)C1)C2=O. The van der Waals surface area contributed by atoms with Gasteiger partial charge >= 0.3 is 6.03 Å². The van der Waals surface area contributed by atoms with Gasteiger partial charge in [0.2, 0.25) is 0 Å². The highest BCUT2D eigenvalue weighted by Gasteiger charge is 2.56. The molecule has 3 atom stereocenters. The molecule has 0 bridgehead atoms. The largest absolute Gasteiger partial charge is 0.376 e. The van der Waals surface area contributed by atoms with Gasteiger partial charge < -0.3 is 10.1 Å². The Balaban J connectivity index is 1.74. The Morgan fingerprint density at radius 3 is 2.65 bits per heavy atom. The molecule has 0 aromatic carbocycles. The molecule has 3 unspecified atom stereocenters. The number of hydrogen-bond donors (Lipinski definition) is 1. The molecular weight excluding hydrogens is 294 g/mol. The Morgan fingerprint density at radius 1 is 1.26 bits per heavy atom. The van der Waals surface area contributed by atoms with Crippen LogP contribution in [-0.4, -0.2) is 59.7 Å². The summed E-state index contributed by atoms with van der Waals surface area (Å²) < 4.78 is 5.53. The summed E-state index contributed by atoms with van der Waals surface area (Å²) in [5.74, 6) is 0.396. The summed E-state index contributed by atoms with van der Waals surface area (Å²) in [6.45, 7) is 11.1. The highest BCUT2D eigenvalue weighted by atomic mass is 16.5. The van der Waals surface area contributed by atoms with Crippen molar-refractivity contribution < 1.29 is 14.3 Å². The van der Waals surface area contributed by atoms with Gasteiger partial charge in [0.1, 0.15) is 5.54 Å². The Kier molecular flexibility index (Phi) is 4.17. The fraction of sp³-hybridized carbons (Fsp3) is 0.882. The van der Waals surface area contributed by atoms with Crippen LogP contribution in [0.2, 0.25) is 0 Å². The molecule has 3 aliphatic rings. The quantitative estimate of drug-likeness (QED) is 0.787. The maximum Gasteiger partial charge on any atom is 0.326 e. The Morgan fingerprint density at radius 2 is 2.00 bits per heavy atom. The van der Waals surface area contributed by atoms with Crippen LogP contribution in [0.4, 0.5) is 4.79 Å². The molecule has 23 heavy (non-hydrogen) atoms. The maximum atomic E-state index is 13.1. The van der Waals surface area contributed by atoms with E-state index in [0.717, 1.165) is 32.4 Å². The summed E-state index contributed by atoms with van der Waals surface area (Å²) in [5.41, 5.74) is -0.625. The summed E-state index contributed by atoms with van der Waals surface area (Å²) >= 11 is 0. The first-order valence-electron chi connectivity index (χ1n) is 8.69. The van der Waals surface area contributed by atoms with Gasteiger partial charge in [-0.25, -0.2) is 9.69 Å². The van der Waals surface area contributed by atoms with Gasteiger partial charge in [0.15, 0.2) is 0 Å². The van der Waals surface area contributed by atoms with E-state index in [1.54, 1.807) is 0 Å². The van der Waals surface area contributed by atoms with Crippen LogP contribution in [-0.2, 0) is 9.53 Å². The van der Waals surface area contributed by atoms with Gasteiger partial charge in [-0.05, 0) is 37.5 Å². The zero-order valence-electron chi connectivity index (χ0n) is 14.7. The predicted molar refractivity (Wildman–Crippen MR) is 86.8 cm³/mol. The van der Waals surface area contributed by atoms with Crippen LogP contribution >= 0.6 is 0 Å². The van der Waals surface area contributed by atoms with Crippen molar-refractivity contribution in [2.75, 3.05) is 26.4 Å². The van der Waals surface area contributed by atoms with Crippen LogP contribution in [0.5, 0.6) is 0 Å². The van der Waals surface area contributed by atoms with Crippen molar-refractivity contribution >= 4 is 11.9 Å². The van der Waals surface area contributed by atoms with Crippen LogP contribution in [0.15, 0.2) is 0 Å². The molecule has 0 radical (unpaired) electrons. The number of carbonyl (C=O) groups excluding carboxylic acids is 2. The van der Waals surface area contributed by atoms with E-state index in [4.69, 9.17) is 4.74 Å². The number of amides is 3. The first-order chi connectivity index (χ1) is 10.7. The van der Waals surface area contributed by atoms with E-state index in [-0.39, 0.29) is 23.5 Å². The lowest BCUT2D eigenvalue weighted by Crippen LogP contribution is -2.55. The van der Waals surface area contributed by atoms with Crippen LogP contribution in [0.25, 0.3) is 0 Å². The van der Waals surface area contributed by atoms with Crippen molar-refractivity contribution in [3.05, 3.63) is 0 Å². The smallest absolute Gasteiger partial charge is 0.326 e. The standard InChI is InChI=1S/C17H29N3O3/c1-12-7-16(3,4)10-17(8-12)14(21)20(15(22)18-17)11-19-5-6-23-13(2)9-19/h12-13H,5-11H2,1-4H3,(H,18,22). The lowest BCUT2D eigenvalue weighted by molar-refractivity contribution is -0.137. The number of ether oxygens (including phenoxy) is 1. The highest BCUT2D eigenvalue weighted by Crippen LogP contribution is 2.46. The van der Waals surface area contributed by atoms with E-state index < -0.39 is 5.54 Å². The molecular formula is C17H29N3O3. The third-order valence-electron chi connectivity index (χ3n) is 5.29. The van der Waals surface area contributed by atoms with Crippen LogP contribution in [0.1, 0.15) is 47.0 Å². The number of hydrogen-bond acceptors (Lipinski definition) is 4. The Hall–Kier alpha value is -1.14. The minimum absolute atomic E-state index is 0.0405. The topological polar surface area (TPSA) is 61.9 Å². The van der Waals surface area contributed by atoms with Gasteiger partial charge in [-0.15, -0.1) is 0 Å². The van der Waals surface area contributed by atoms with Gasteiger partial charge in [-0.1, -0.05) is 20.8 Å². The van der Waals surface area contributed by atoms with Gasteiger partial charge in [0.05, 0.1) is 19.4 Å². The highest BCUT2D eigenvalue weighted by molar-refractivity contribution is 6.07. The fourth-order valence-corrected chi connectivity index (χ4v) is 4.85. The first kappa shape index (κ1) is 16.7.